The van der Waals surface area contributed by atoms with Crippen LogP contribution in [0.15, 0.2) is 0 Å². The van der Waals surface area contributed by atoms with Crippen LogP contribution < -0.4 is 10.6 Å². The molecular formula is C15H32N2O. The summed E-state index contributed by atoms with van der Waals surface area (Å²) >= 11 is 0. The van der Waals surface area contributed by atoms with Crippen molar-refractivity contribution in [2.24, 2.45) is 0 Å². The van der Waals surface area contributed by atoms with E-state index in [0.717, 1.165) is 32.2 Å². The summed E-state index contributed by atoms with van der Waals surface area (Å²) in [6.07, 6.45) is 7.36. The quantitative estimate of drug-likeness (QED) is 0.557. The lowest BCUT2D eigenvalue weighted by Gasteiger charge is -2.18. The first-order valence-corrected chi connectivity index (χ1v) is 7.62. The molecule has 0 fully saturated rings. The smallest absolute Gasteiger partial charge is 0.220 e. The molecule has 0 saturated carbocycles. The number of carbonyl (C=O) groups is 1. The third-order valence-electron chi connectivity index (χ3n) is 3.04. The van der Waals surface area contributed by atoms with Gasteiger partial charge in [0, 0.05) is 18.5 Å². The maximum atomic E-state index is 11.8. The van der Waals surface area contributed by atoms with E-state index in [2.05, 4.69) is 38.3 Å². The summed E-state index contributed by atoms with van der Waals surface area (Å²) in [7, 11) is 0. The molecule has 3 heteroatoms. The van der Waals surface area contributed by atoms with Crippen LogP contribution in [-0.2, 0) is 4.79 Å². The fourth-order valence-corrected chi connectivity index (χ4v) is 2.03. The third kappa shape index (κ3) is 10.6. The molecule has 1 unspecified atom stereocenters. The topological polar surface area (TPSA) is 41.1 Å². The molecule has 0 heterocycles. The Morgan fingerprint density at radius 3 is 2.33 bits per heavy atom. The fraction of sp³-hybridized carbons (Fsp3) is 0.933. The lowest BCUT2D eigenvalue weighted by atomic mass is 10.0. The summed E-state index contributed by atoms with van der Waals surface area (Å²) in [5.74, 6) is 0.218. The maximum absolute atomic E-state index is 11.8. The average molecular weight is 256 g/mol. The number of rotatable bonds is 11. The van der Waals surface area contributed by atoms with Gasteiger partial charge in [0.05, 0.1) is 0 Å². The minimum absolute atomic E-state index is 0.218. The van der Waals surface area contributed by atoms with E-state index in [0.29, 0.717) is 18.5 Å². The van der Waals surface area contributed by atoms with E-state index in [-0.39, 0.29) is 5.91 Å². The van der Waals surface area contributed by atoms with Gasteiger partial charge in [-0.2, -0.15) is 0 Å². The van der Waals surface area contributed by atoms with Gasteiger partial charge < -0.3 is 10.6 Å². The molecule has 0 aliphatic rings. The second kappa shape index (κ2) is 11.5. The zero-order chi connectivity index (χ0) is 13.8. The molecule has 0 saturated heterocycles. The standard InChI is InChI=1S/C15H32N2O/c1-5-7-10-14(9-6-2)17-15(18)11-8-12-16-13(3)4/h13-14,16H,5-12H2,1-4H3,(H,17,18). The second-order valence-corrected chi connectivity index (χ2v) is 5.41. The SMILES string of the molecule is CCCCC(CCC)NC(=O)CCCNC(C)C. The van der Waals surface area contributed by atoms with Crippen LogP contribution in [0.2, 0.25) is 0 Å². The molecular weight excluding hydrogens is 224 g/mol. The predicted octanol–water partition coefficient (Wildman–Crippen LogP) is 3.24. The number of carbonyl (C=O) groups excluding carboxylic acids is 1. The molecule has 0 rings (SSSR count). The van der Waals surface area contributed by atoms with Gasteiger partial charge in [-0.1, -0.05) is 47.0 Å². The Labute approximate surface area is 113 Å². The number of unbranched alkanes of at least 4 members (excludes halogenated alkanes) is 1. The highest BCUT2D eigenvalue weighted by Crippen LogP contribution is 2.07. The molecule has 0 aromatic rings. The first-order valence-electron chi connectivity index (χ1n) is 7.62. The van der Waals surface area contributed by atoms with Crippen LogP contribution in [0, 0.1) is 0 Å². The van der Waals surface area contributed by atoms with E-state index in [4.69, 9.17) is 0 Å². The van der Waals surface area contributed by atoms with E-state index in [1.165, 1.54) is 12.8 Å². The van der Waals surface area contributed by atoms with Gasteiger partial charge in [0.15, 0.2) is 0 Å². The number of amides is 1. The third-order valence-corrected chi connectivity index (χ3v) is 3.04. The first-order chi connectivity index (χ1) is 8.60. The van der Waals surface area contributed by atoms with Crippen LogP contribution in [0.1, 0.15) is 72.6 Å². The molecule has 1 amide bonds. The molecule has 0 aliphatic carbocycles. The van der Waals surface area contributed by atoms with Crippen molar-refractivity contribution in [3.8, 4) is 0 Å². The summed E-state index contributed by atoms with van der Waals surface area (Å²) in [4.78, 5) is 11.8. The Morgan fingerprint density at radius 1 is 1.06 bits per heavy atom. The van der Waals surface area contributed by atoms with E-state index >= 15 is 0 Å². The summed E-state index contributed by atoms with van der Waals surface area (Å²) in [5, 5.41) is 6.51. The summed E-state index contributed by atoms with van der Waals surface area (Å²) < 4.78 is 0. The van der Waals surface area contributed by atoms with Crippen molar-refractivity contribution in [3.05, 3.63) is 0 Å². The minimum atomic E-state index is 0.218. The fourth-order valence-electron chi connectivity index (χ4n) is 2.03. The van der Waals surface area contributed by atoms with Crippen LogP contribution in [0.25, 0.3) is 0 Å². The molecule has 2 N–H and O–H groups in total. The predicted molar refractivity (Wildman–Crippen MR) is 78.7 cm³/mol. The highest BCUT2D eigenvalue weighted by atomic mass is 16.1. The van der Waals surface area contributed by atoms with Gasteiger partial charge in [-0.15, -0.1) is 0 Å². The van der Waals surface area contributed by atoms with Crippen LogP contribution in [-0.4, -0.2) is 24.5 Å². The van der Waals surface area contributed by atoms with Crippen molar-refractivity contribution in [3.63, 3.8) is 0 Å². The van der Waals surface area contributed by atoms with Crippen LogP contribution in [0.3, 0.4) is 0 Å². The molecule has 0 spiro atoms. The molecule has 0 bridgehead atoms. The average Bonchev–Trinajstić information content (AvgIpc) is 2.31. The monoisotopic (exact) mass is 256 g/mol. The van der Waals surface area contributed by atoms with E-state index in [1.54, 1.807) is 0 Å². The molecule has 0 aliphatic heterocycles. The lowest BCUT2D eigenvalue weighted by molar-refractivity contribution is -0.122. The zero-order valence-corrected chi connectivity index (χ0v) is 12.7. The van der Waals surface area contributed by atoms with Crippen molar-refractivity contribution in [1.82, 2.24) is 10.6 Å². The molecule has 1 atom stereocenters. The Morgan fingerprint density at radius 2 is 1.78 bits per heavy atom. The Bertz CT molecular complexity index is 205. The van der Waals surface area contributed by atoms with Gasteiger partial charge in [-0.25, -0.2) is 0 Å². The number of nitrogens with one attached hydrogen (secondary N) is 2. The van der Waals surface area contributed by atoms with Crippen molar-refractivity contribution < 1.29 is 4.79 Å². The van der Waals surface area contributed by atoms with Gasteiger partial charge in [0.25, 0.3) is 0 Å². The molecule has 18 heavy (non-hydrogen) atoms. The molecule has 0 aromatic heterocycles. The van der Waals surface area contributed by atoms with Gasteiger partial charge in [0.2, 0.25) is 5.91 Å². The second-order valence-electron chi connectivity index (χ2n) is 5.41. The number of hydrogen-bond donors (Lipinski definition) is 2. The van der Waals surface area contributed by atoms with Crippen molar-refractivity contribution >= 4 is 5.91 Å². The van der Waals surface area contributed by atoms with E-state index in [1.807, 2.05) is 0 Å². The normalized spacial score (nSPS) is 12.7. The van der Waals surface area contributed by atoms with Gasteiger partial charge in [0.1, 0.15) is 0 Å². The molecule has 0 aromatic carbocycles. The van der Waals surface area contributed by atoms with E-state index < -0.39 is 0 Å². The van der Waals surface area contributed by atoms with Gasteiger partial charge in [-0.3, -0.25) is 4.79 Å². The lowest BCUT2D eigenvalue weighted by Crippen LogP contribution is -2.35. The van der Waals surface area contributed by atoms with Crippen LogP contribution in [0.4, 0.5) is 0 Å². The summed E-state index contributed by atoms with van der Waals surface area (Å²) in [6, 6.07) is 0.894. The Hall–Kier alpha value is -0.570. The van der Waals surface area contributed by atoms with Crippen LogP contribution >= 0.6 is 0 Å². The van der Waals surface area contributed by atoms with Crippen LogP contribution in [0.5, 0.6) is 0 Å². The first kappa shape index (κ1) is 17.4. The Kier molecular flexibility index (Phi) is 11.2. The highest BCUT2D eigenvalue weighted by Gasteiger charge is 2.10. The zero-order valence-electron chi connectivity index (χ0n) is 12.7. The highest BCUT2D eigenvalue weighted by molar-refractivity contribution is 5.76. The maximum Gasteiger partial charge on any atom is 0.220 e. The largest absolute Gasteiger partial charge is 0.353 e. The van der Waals surface area contributed by atoms with Crippen molar-refractivity contribution in [2.45, 2.75) is 84.7 Å². The molecule has 108 valence electrons. The summed E-state index contributed by atoms with van der Waals surface area (Å²) in [5.41, 5.74) is 0. The van der Waals surface area contributed by atoms with Gasteiger partial charge in [-0.05, 0) is 25.8 Å². The Balaban J connectivity index is 3.72. The van der Waals surface area contributed by atoms with Crippen molar-refractivity contribution in [2.75, 3.05) is 6.54 Å². The minimum Gasteiger partial charge on any atom is -0.353 e. The summed E-state index contributed by atoms with van der Waals surface area (Å²) in [6.45, 7) is 9.56. The molecule has 3 nitrogen and oxygen atoms in total. The van der Waals surface area contributed by atoms with E-state index in [9.17, 15) is 4.79 Å². The molecule has 0 radical (unpaired) electrons. The van der Waals surface area contributed by atoms with Crippen molar-refractivity contribution in [1.29, 1.82) is 0 Å². The number of hydrogen-bond acceptors (Lipinski definition) is 2. The van der Waals surface area contributed by atoms with Gasteiger partial charge >= 0.3 is 0 Å².